The van der Waals surface area contributed by atoms with Crippen LogP contribution in [0.15, 0.2) is 54.6 Å². The topological polar surface area (TPSA) is 39.2 Å². The van der Waals surface area contributed by atoms with Crippen LogP contribution in [0.1, 0.15) is 23.0 Å². The second-order valence-corrected chi connectivity index (χ2v) is 5.31. The van der Waals surface area contributed by atoms with Crippen molar-refractivity contribution in [1.29, 1.82) is 0 Å². The van der Waals surface area contributed by atoms with E-state index in [1.54, 1.807) is 6.92 Å². The van der Waals surface area contributed by atoms with Gasteiger partial charge in [0.15, 0.2) is 0 Å². The first kappa shape index (κ1) is 18.2. The Morgan fingerprint density at radius 2 is 1.75 bits per heavy atom. The molecule has 0 atom stereocenters. The molecule has 0 aliphatic carbocycles. The predicted molar refractivity (Wildman–Crippen MR) is 99.9 cm³/mol. The second-order valence-electron chi connectivity index (χ2n) is 5.05. The van der Waals surface area contributed by atoms with E-state index in [1.807, 2.05) is 54.6 Å². The largest absolute Gasteiger partial charge is 0.462 e. The molecule has 0 aliphatic heterocycles. The highest BCUT2D eigenvalue weighted by Gasteiger charge is 2.22. The number of halogens is 2. The van der Waals surface area contributed by atoms with Gasteiger partial charge >= 0.3 is 5.97 Å². The van der Waals surface area contributed by atoms with Crippen molar-refractivity contribution in [2.45, 2.75) is 12.8 Å². The lowest BCUT2D eigenvalue weighted by Gasteiger charge is -2.15. The van der Waals surface area contributed by atoms with Gasteiger partial charge in [0.1, 0.15) is 0 Å². The summed E-state index contributed by atoms with van der Waals surface area (Å²) in [4.78, 5) is 17.1. The second kappa shape index (κ2) is 8.13. The van der Waals surface area contributed by atoms with Crippen molar-refractivity contribution in [3.63, 3.8) is 0 Å². The van der Waals surface area contributed by atoms with E-state index in [9.17, 15) is 4.79 Å². The maximum absolute atomic E-state index is 12.5. The van der Waals surface area contributed by atoms with E-state index in [2.05, 4.69) is 4.98 Å². The van der Waals surface area contributed by atoms with Gasteiger partial charge in [-0.2, -0.15) is 0 Å². The molecule has 1 aromatic heterocycles. The van der Waals surface area contributed by atoms with Gasteiger partial charge in [-0.3, -0.25) is 4.98 Å². The summed E-state index contributed by atoms with van der Waals surface area (Å²) in [7, 11) is 0. The highest BCUT2D eigenvalue weighted by molar-refractivity contribution is 6.18. The molecule has 3 rings (SSSR count). The van der Waals surface area contributed by atoms with Crippen LogP contribution in [-0.2, 0) is 10.6 Å². The molecule has 124 valence electrons. The first-order valence-corrected chi connectivity index (χ1v) is 7.99. The molecule has 0 amide bonds. The predicted octanol–water partition coefficient (Wildman–Crippen LogP) is 5.24. The van der Waals surface area contributed by atoms with Crippen molar-refractivity contribution in [1.82, 2.24) is 4.98 Å². The molecule has 3 aromatic rings. The summed E-state index contributed by atoms with van der Waals surface area (Å²) in [5.41, 5.74) is 3.58. The molecule has 24 heavy (non-hydrogen) atoms. The van der Waals surface area contributed by atoms with E-state index in [-0.39, 0.29) is 24.3 Å². The Hall–Kier alpha value is -2.10. The number of rotatable bonds is 4. The van der Waals surface area contributed by atoms with Crippen LogP contribution < -0.4 is 0 Å². The molecule has 0 radical (unpaired) electrons. The number of nitrogens with zero attached hydrogens (tertiary/aromatic N) is 1. The Morgan fingerprint density at radius 1 is 1.08 bits per heavy atom. The zero-order chi connectivity index (χ0) is 16.2. The minimum absolute atomic E-state index is 0. The number of ether oxygens (including phenoxy) is 1. The average Bonchev–Trinajstić information content (AvgIpc) is 2.60. The number of carbonyl (C=O) groups excluding carboxylic acids is 1. The summed E-state index contributed by atoms with van der Waals surface area (Å²) in [6.07, 6.45) is 0. The fourth-order valence-electron chi connectivity index (χ4n) is 2.69. The van der Waals surface area contributed by atoms with Gasteiger partial charge in [-0.25, -0.2) is 4.79 Å². The van der Waals surface area contributed by atoms with Crippen molar-refractivity contribution < 1.29 is 9.53 Å². The SMILES string of the molecule is CCOC(=O)c1c(CCl)nc2ccccc2c1-c1ccccc1.Cl. The van der Waals surface area contributed by atoms with E-state index < -0.39 is 0 Å². The van der Waals surface area contributed by atoms with Crippen LogP contribution in [-0.4, -0.2) is 17.6 Å². The Kier molecular flexibility index (Phi) is 6.18. The van der Waals surface area contributed by atoms with Crippen molar-refractivity contribution in [2.75, 3.05) is 6.61 Å². The molecule has 0 spiro atoms. The number of hydrogen-bond acceptors (Lipinski definition) is 3. The van der Waals surface area contributed by atoms with E-state index >= 15 is 0 Å². The number of hydrogen-bond donors (Lipinski definition) is 0. The van der Waals surface area contributed by atoms with Crippen LogP contribution in [0.2, 0.25) is 0 Å². The van der Waals surface area contributed by atoms with Crippen LogP contribution in [0.4, 0.5) is 0 Å². The van der Waals surface area contributed by atoms with Crippen LogP contribution in [0.25, 0.3) is 22.0 Å². The number of benzene rings is 2. The van der Waals surface area contributed by atoms with Crippen LogP contribution in [0.5, 0.6) is 0 Å². The van der Waals surface area contributed by atoms with Crippen molar-refractivity contribution in [2.24, 2.45) is 0 Å². The lowest BCUT2D eigenvalue weighted by atomic mass is 9.94. The van der Waals surface area contributed by atoms with E-state index in [0.29, 0.717) is 17.9 Å². The smallest absolute Gasteiger partial charge is 0.340 e. The molecule has 5 heteroatoms. The number of esters is 1. The minimum Gasteiger partial charge on any atom is -0.462 e. The lowest BCUT2D eigenvalue weighted by molar-refractivity contribution is 0.0526. The number of alkyl halides is 1. The first-order valence-electron chi connectivity index (χ1n) is 7.46. The fourth-order valence-corrected chi connectivity index (χ4v) is 2.88. The molecule has 0 saturated heterocycles. The molecule has 0 unspecified atom stereocenters. The molecule has 0 N–H and O–H groups in total. The summed E-state index contributed by atoms with van der Waals surface area (Å²) < 4.78 is 5.24. The Labute approximate surface area is 152 Å². The maximum atomic E-state index is 12.5. The van der Waals surface area contributed by atoms with Gasteiger partial charge in [-0.05, 0) is 18.6 Å². The summed E-state index contributed by atoms with van der Waals surface area (Å²) in [6, 6.07) is 17.5. The lowest BCUT2D eigenvalue weighted by Crippen LogP contribution is -2.11. The fraction of sp³-hybridized carbons (Fsp3) is 0.158. The van der Waals surface area contributed by atoms with Crippen molar-refractivity contribution in [3.8, 4) is 11.1 Å². The number of para-hydroxylation sites is 1. The number of carbonyl (C=O) groups is 1. The molecule has 0 fully saturated rings. The zero-order valence-electron chi connectivity index (χ0n) is 13.2. The molecule has 3 nitrogen and oxygen atoms in total. The summed E-state index contributed by atoms with van der Waals surface area (Å²) in [5.74, 6) is -0.237. The van der Waals surface area contributed by atoms with E-state index in [1.165, 1.54) is 0 Å². The Morgan fingerprint density at radius 3 is 2.42 bits per heavy atom. The third-order valence-corrected chi connectivity index (χ3v) is 3.89. The summed E-state index contributed by atoms with van der Waals surface area (Å²) in [5, 5.41) is 0.913. The van der Waals surface area contributed by atoms with Crippen LogP contribution in [0, 0.1) is 0 Å². The summed E-state index contributed by atoms with van der Waals surface area (Å²) >= 11 is 6.07. The third-order valence-electron chi connectivity index (χ3n) is 3.64. The summed E-state index contributed by atoms with van der Waals surface area (Å²) in [6.45, 7) is 2.09. The zero-order valence-corrected chi connectivity index (χ0v) is 14.7. The number of fused-ring (bicyclic) bond motifs is 1. The maximum Gasteiger partial charge on any atom is 0.340 e. The van der Waals surface area contributed by atoms with Crippen molar-refractivity contribution in [3.05, 3.63) is 65.9 Å². The van der Waals surface area contributed by atoms with Gasteiger partial charge in [0.2, 0.25) is 0 Å². The molecule has 0 saturated carbocycles. The first-order chi connectivity index (χ1) is 11.3. The Bertz CT molecular complexity index is 851. The molecule has 2 aromatic carbocycles. The van der Waals surface area contributed by atoms with Crippen LogP contribution in [0.3, 0.4) is 0 Å². The highest BCUT2D eigenvalue weighted by atomic mass is 35.5. The van der Waals surface area contributed by atoms with Gasteiger partial charge in [0.05, 0.1) is 29.3 Å². The van der Waals surface area contributed by atoms with Gasteiger partial charge < -0.3 is 4.74 Å². The molecule has 0 aliphatic rings. The van der Waals surface area contributed by atoms with E-state index in [0.717, 1.165) is 22.0 Å². The quantitative estimate of drug-likeness (QED) is 0.471. The van der Waals surface area contributed by atoms with Gasteiger partial charge in [-0.1, -0.05) is 48.5 Å². The van der Waals surface area contributed by atoms with Gasteiger partial charge in [0.25, 0.3) is 0 Å². The minimum atomic E-state index is -0.389. The van der Waals surface area contributed by atoms with Crippen LogP contribution >= 0.6 is 24.0 Å². The number of pyridine rings is 1. The average molecular weight is 362 g/mol. The highest BCUT2D eigenvalue weighted by Crippen LogP contribution is 2.34. The molecular weight excluding hydrogens is 345 g/mol. The standard InChI is InChI=1S/C19H16ClNO2.ClH/c1-2-23-19(22)18-16(12-20)21-15-11-7-6-10-14(15)17(18)13-8-4-3-5-9-13;/h3-11H,2,12H2,1H3;1H. The van der Waals surface area contributed by atoms with Gasteiger partial charge in [-0.15, -0.1) is 24.0 Å². The molecule has 1 heterocycles. The number of aromatic nitrogens is 1. The van der Waals surface area contributed by atoms with E-state index in [4.69, 9.17) is 16.3 Å². The monoisotopic (exact) mass is 361 g/mol. The third kappa shape index (κ3) is 3.37. The molecule has 0 bridgehead atoms. The normalized spacial score (nSPS) is 10.2. The molecular formula is C19H17Cl2NO2. The van der Waals surface area contributed by atoms with Gasteiger partial charge in [0, 0.05) is 10.9 Å². The Balaban J connectivity index is 0.00000208. The van der Waals surface area contributed by atoms with Crippen molar-refractivity contribution >= 4 is 40.9 Å².